The summed E-state index contributed by atoms with van der Waals surface area (Å²) in [5.74, 6) is 0. The van der Waals surface area contributed by atoms with E-state index in [1.807, 2.05) is 0 Å². The van der Waals surface area contributed by atoms with E-state index in [0.717, 1.165) is 25.3 Å². The largest absolute Gasteiger partial charge is 0.393 e. The van der Waals surface area contributed by atoms with Gasteiger partial charge in [0.15, 0.2) is 0 Å². The van der Waals surface area contributed by atoms with E-state index in [1.165, 1.54) is 6.07 Å². The Morgan fingerprint density at radius 1 is 1.44 bits per heavy atom. The third-order valence-electron chi connectivity index (χ3n) is 3.37. The summed E-state index contributed by atoms with van der Waals surface area (Å²) < 4.78 is 0. The number of nitro groups is 1. The van der Waals surface area contributed by atoms with Crippen molar-refractivity contribution in [1.82, 2.24) is 4.90 Å². The lowest BCUT2D eigenvalue weighted by Crippen LogP contribution is -2.50. The number of anilines is 2. The number of nitrogens with zero attached hydrogens (tertiary/aromatic N) is 3. The number of hydrogen-bond acceptors (Lipinski definition) is 5. The van der Waals surface area contributed by atoms with Crippen LogP contribution in [0.15, 0.2) is 18.2 Å². The van der Waals surface area contributed by atoms with E-state index in [0.29, 0.717) is 6.04 Å². The molecule has 0 saturated carbocycles. The van der Waals surface area contributed by atoms with Crippen LogP contribution in [0.2, 0.25) is 0 Å². The molecule has 2 N–H and O–H groups in total. The average molecular weight is 250 g/mol. The van der Waals surface area contributed by atoms with E-state index in [9.17, 15) is 10.1 Å². The normalized spacial score (nSPS) is 21.0. The molecule has 18 heavy (non-hydrogen) atoms. The highest BCUT2D eigenvalue weighted by atomic mass is 16.6. The van der Waals surface area contributed by atoms with Gasteiger partial charge in [0.1, 0.15) is 5.69 Å². The number of hydrogen-bond donors (Lipinski definition) is 1. The van der Waals surface area contributed by atoms with Gasteiger partial charge >= 0.3 is 0 Å². The lowest BCUT2D eigenvalue weighted by Gasteiger charge is -2.39. The summed E-state index contributed by atoms with van der Waals surface area (Å²) in [5, 5.41) is 10.7. The second-order valence-electron chi connectivity index (χ2n) is 4.80. The summed E-state index contributed by atoms with van der Waals surface area (Å²) in [7, 11) is 2.10. The molecule has 0 spiro atoms. The van der Waals surface area contributed by atoms with E-state index in [4.69, 9.17) is 5.73 Å². The summed E-state index contributed by atoms with van der Waals surface area (Å²) in [5.41, 5.74) is 6.88. The van der Waals surface area contributed by atoms with Gasteiger partial charge in [-0.25, -0.2) is 0 Å². The lowest BCUT2D eigenvalue weighted by molar-refractivity contribution is -0.383. The zero-order valence-corrected chi connectivity index (χ0v) is 10.7. The molecule has 1 atom stereocenters. The van der Waals surface area contributed by atoms with Gasteiger partial charge in [-0.05, 0) is 26.1 Å². The molecular formula is C12H18N4O2. The van der Waals surface area contributed by atoms with Gasteiger partial charge in [-0.15, -0.1) is 0 Å². The summed E-state index contributed by atoms with van der Waals surface area (Å²) in [6.45, 7) is 5.03. The first kappa shape index (κ1) is 12.6. The molecule has 1 aliphatic rings. The molecule has 1 aromatic carbocycles. The number of likely N-dealkylation sites (N-methyl/N-ethyl adjacent to an activating group) is 1. The van der Waals surface area contributed by atoms with E-state index >= 15 is 0 Å². The maximum atomic E-state index is 10.7. The summed E-state index contributed by atoms with van der Waals surface area (Å²) in [4.78, 5) is 14.8. The predicted octanol–water partition coefficient (Wildman–Crippen LogP) is 1.32. The van der Waals surface area contributed by atoms with Crippen molar-refractivity contribution in [1.29, 1.82) is 0 Å². The molecule has 0 aromatic heterocycles. The van der Waals surface area contributed by atoms with E-state index < -0.39 is 4.92 Å². The van der Waals surface area contributed by atoms with Crippen LogP contribution in [0.25, 0.3) is 0 Å². The minimum Gasteiger partial charge on any atom is -0.393 e. The Kier molecular flexibility index (Phi) is 3.38. The number of nitrogen functional groups attached to an aromatic ring is 1. The number of nitro benzene ring substituents is 1. The Balaban J connectivity index is 2.24. The predicted molar refractivity (Wildman–Crippen MR) is 71.8 cm³/mol. The molecule has 0 radical (unpaired) electrons. The van der Waals surface area contributed by atoms with Crippen LogP contribution >= 0.6 is 0 Å². The fourth-order valence-corrected chi connectivity index (χ4v) is 2.41. The number of nitrogens with two attached hydrogens (primary N) is 1. The van der Waals surface area contributed by atoms with Gasteiger partial charge in [0.05, 0.1) is 4.92 Å². The van der Waals surface area contributed by atoms with E-state index in [-0.39, 0.29) is 11.4 Å². The highest BCUT2D eigenvalue weighted by Gasteiger charge is 2.23. The van der Waals surface area contributed by atoms with Crippen LogP contribution < -0.4 is 10.6 Å². The van der Waals surface area contributed by atoms with E-state index in [2.05, 4.69) is 23.8 Å². The molecule has 0 bridgehead atoms. The minimum absolute atomic E-state index is 0.0273. The highest BCUT2D eigenvalue weighted by Crippen LogP contribution is 2.28. The van der Waals surface area contributed by atoms with E-state index in [1.54, 1.807) is 12.1 Å². The topological polar surface area (TPSA) is 75.6 Å². The van der Waals surface area contributed by atoms with Crippen molar-refractivity contribution < 1.29 is 4.92 Å². The van der Waals surface area contributed by atoms with Gasteiger partial charge in [-0.2, -0.15) is 0 Å². The molecule has 1 aromatic rings. The number of piperazine rings is 1. The quantitative estimate of drug-likeness (QED) is 0.486. The zero-order chi connectivity index (χ0) is 13.3. The fraction of sp³-hybridized carbons (Fsp3) is 0.500. The van der Waals surface area contributed by atoms with Gasteiger partial charge in [-0.3, -0.25) is 10.1 Å². The van der Waals surface area contributed by atoms with Crippen LogP contribution in [0.4, 0.5) is 17.1 Å². The minimum atomic E-state index is -0.452. The van der Waals surface area contributed by atoms with Gasteiger partial charge in [0.25, 0.3) is 5.69 Å². The Morgan fingerprint density at radius 2 is 2.17 bits per heavy atom. The Labute approximate surface area is 106 Å². The third kappa shape index (κ3) is 2.38. The zero-order valence-electron chi connectivity index (χ0n) is 10.7. The third-order valence-corrected chi connectivity index (χ3v) is 3.37. The highest BCUT2D eigenvalue weighted by molar-refractivity contribution is 5.67. The first-order chi connectivity index (χ1) is 8.49. The van der Waals surface area contributed by atoms with Crippen LogP contribution in [0.3, 0.4) is 0 Å². The van der Waals surface area contributed by atoms with Crippen molar-refractivity contribution in [2.45, 2.75) is 13.0 Å². The van der Waals surface area contributed by atoms with Crippen LogP contribution in [-0.2, 0) is 0 Å². The van der Waals surface area contributed by atoms with Crippen LogP contribution in [0.1, 0.15) is 6.92 Å². The second-order valence-corrected chi connectivity index (χ2v) is 4.80. The van der Waals surface area contributed by atoms with Crippen molar-refractivity contribution in [3.8, 4) is 0 Å². The number of rotatable bonds is 2. The fourth-order valence-electron chi connectivity index (χ4n) is 2.41. The van der Waals surface area contributed by atoms with Gasteiger partial charge < -0.3 is 15.5 Å². The van der Waals surface area contributed by atoms with Crippen LogP contribution in [0.5, 0.6) is 0 Å². The molecular weight excluding hydrogens is 232 g/mol. The van der Waals surface area contributed by atoms with Crippen LogP contribution in [-0.4, -0.2) is 42.5 Å². The lowest BCUT2D eigenvalue weighted by atomic mass is 10.1. The van der Waals surface area contributed by atoms with Gasteiger partial charge in [-0.1, -0.05) is 0 Å². The second kappa shape index (κ2) is 4.81. The molecule has 98 valence electrons. The van der Waals surface area contributed by atoms with Crippen LogP contribution in [0, 0.1) is 10.1 Å². The molecule has 1 heterocycles. The molecule has 1 aliphatic heterocycles. The Bertz CT molecular complexity index is 463. The summed E-state index contributed by atoms with van der Waals surface area (Å²) in [6.07, 6.45) is 0. The Morgan fingerprint density at radius 3 is 2.72 bits per heavy atom. The van der Waals surface area contributed by atoms with Crippen molar-refractivity contribution in [3.63, 3.8) is 0 Å². The standard InChI is InChI=1S/C12H18N4O2/c1-9-8-14(2)5-6-15(9)10-3-4-12(16(17)18)11(13)7-10/h3-4,7,9H,5-6,8,13H2,1-2H3. The van der Waals surface area contributed by atoms with Crippen molar-refractivity contribution in [3.05, 3.63) is 28.3 Å². The van der Waals surface area contributed by atoms with Gasteiger partial charge in [0, 0.05) is 37.4 Å². The molecule has 1 fully saturated rings. The van der Waals surface area contributed by atoms with Crippen molar-refractivity contribution >= 4 is 17.1 Å². The molecule has 0 amide bonds. The SMILES string of the molecule is CC1CN(C)CCN1c1ccc([N+](=O)[O-])c(N)c1. The maximum absolute atomic E-state index is 10.7. The Hall–Kier alpha value is -1.82. The van der Waals surface area contributed by atoms with Gasteiger partial charge in [0.2, 0.25) is 0 Å². The molecule has 1 saturated heterocycles. The molecule has 0 aliphatic carbocycles. The molecule has 2 rings (SSSR count). The maximum Gasteiger partial charge on any atom is 0.292 e. The summed E-state index contributed by atoms with van der Waals surface area (Å²) in [6, 6.07) is 5.33. The molecule has 6 nitrogen and oxygen atoms in total. The van der Waals surface area contributed by atoms with Crippen molar-refractivity contribution in [2.75, 3.05) is 37.3 Å². The average Bonchev–Trinajstić information content (AvgIpc) is 2.28. The monoisotopic (exact) mass is 250 g/mol. The molecule has 6 heteroatoms. The molecule has 1 unspecified atom stereocenters. The smallest absolute Gasteiger partial charge is 0.292 e. The first-order valence-electron chi connectivity index (χ1n) is 5.98. The summed E-state index contributed by atoms with van der Waals surface area (Å²) >= 11 is 0. The number of benzene rings is 1. The first-order valence-corrected chi connectivity index (χ1v) is 5.98. The van der Waals surface area contributed by atoms with Crippen molar-refractivity contribution in [2.24, 2.45) is 0 Å².